The standard InChI is InChI=1S/C27H27N3O5/c1-28(20-9-5-4-6-10-20)25(31)18-30-22-12-8-7-11-21(22)26(32)29(27(30)33)16-15-19-13-14-23(34-2)24(17-19)35-3/h4-14,17H,15-16,18H2,1-3H3. The van der Waals surface area contributed by atoms with Crippen LogP contribution in [0.2, 0.25) is 0 Å². The number of anilines is 1. The Balaban J connectivity index is 1.69. The number of methoxy groups -OCH3 is 2. The lowest BCUT2D eigenvalue weighted by Gasteiger charge is -2.19. The number of aryl methyl sites for hydroxylation is 1. The summed E-state index contributed by atoms with van der Waals surface area (Å²) in [4.78, 5) is 41.2. The molecular formula is C27H27N3O5. The Morgan fingerprint density at radius 2 is 1.54 bits per heavy atom. The van der Waals surface area contributed by atoms with Crippen LogP contribution in [0.1, 0.15) is 5.56 Å². The number of hydrogen-bond acceptors (Lipinski definition) is 5. The minimum atomic E-state index is -0.524. The Bertz CT molecular complexity index is 1470. The Morgan fingerprint density at radius 1 is 0.857 bits per heavy atom. The summed E-state index contributed by atoms with van der Waals surface area (Å²) in [5, 5.41) is 0.384. The van der Waals surface area contributed by atoms with Crippen molar-refractivity contribution in [2.45, 2.75) is 19.5 Å². The lowest BCUT2D eigenvalue weighted by molar-refractivity contribution is -0.118. The van der Waals surface area contributed by atoms with Gasteiger partial charge in [0.1, 0.15) is 6.54 Å². The first kappa shape index (κ1) is 23.8. The van der Waals surface area contributed by atoms with E-state index in [2.05, 4.69) is 0 Å². The smallest absolute Gasteiger partial charge is 0.331 e. The van der Waals surface area contributed by atoms with Crippen LogP contribution >= 0.6 is 0 Å². The summed E-state index contributed by atoms with van der Waals surface area (Å²) in [6.07, 6.45) is 0.422. The number of aromatic nitrogens is 2. The molecule has 0 spiro atoms. The molecule has 0 unspecified atom stereocenters. The van der Waals surface area contributed by atoms with Gasteiger partial charge in [0.15, 0.2) is 11.5 Å². The summed E-state index contributed by atoms with van der Waals surface area (Å²) in [7, 11) is 4.78. The number of carbonyl (C=O) groups excluding carboxylic acids is 1. The van der Waals surface area contributed by atoms with E-state index in [1.165, 1.54) is 14.0 Å². The van der Waals surface area contributed by atoms with Crippen LogP contribution in [-0.4, -0.2) is 36.3 Å². The Hall–Kier alpha value is -4.33. The van der Waals surface area contributed by atoms with Crippen LogP contribution in [0.15, 0.2) is 82.4 Å². The van der Waals surface area contributed by atoms with Gasteiger partial charge in [0.05, 0.1) is 25.1 Å². The molecule has 3 aromatic carbocycles. The molecule has 1 heterocycles. The number of hydrogen-bond donors (Lipinski definition) is 0. The molecule has 4 aromatic rings. The topological polar surface area (TPSA) is 82.8 Å². The summed E-state index contributed by atoms with van der Waals surface area (Å²) >= 11 is 0. The highest BCUT2D eigenvalue weighted by molar-refractivity contribution is 5.93. The van der Waals surface area contributed by atoms with Gasteiger partial charge in [-0.15, -0.1) is 0 Å². The lowest BCUT2D eigenvalue weighted by atomic mass is 10.1. The maximum absolute atomic E-state index is 13.5. The van der Waals surface area contributed by atoms with Crippen molar-refractivity contribution >= 4 is 22.5 Å². The fourth-order valence-electron chi connectivity index (χ4n) is 4.03. The molecule has 1 aromatic heterocycles. The van der Waals surface area contributed by atoms with Crippen molar-refractivity contribution in [2.75, 3.05) is 26.2 Å². The van der Waals surface area contributed by atoms with Gasteiger partial charge in [-0.2, -0.15) is 0 Å². The molecule has 0 bridgehead atoms. The third kappa shape index (κ3) is 4.82. The number of nitrogens with zero attached hydrogens (tertiary/aromatic N) is 3. The van der Waals surface area contributed by atoms with Crippen molar-refractivity contribution in [1.82, 2.24) is 9.13 Å². The first-order valence-corrected chi connectivity index (χ1v) is 11.2. The highest BCUT2D eigenvalue weighted by atomic mass is 16.5. The van der Waals surface area contributed by atoms with Crippen LogP contribution in [0.4, 0.5) is 5.69 Å². The minimum Gasteiger partial charge on any atom is -0.493 e. The van der Waals surface area contributed by atoms with E-state index >= 15 is 0 Å². The highest BCUT2D eigenvalue weighted by Crippen LogP contribution is 2.27. The molecule has 4 rings (SSSR count). The Morgan fingerprint density at radius 3 is 2.26 bits per heavy atom. The number of ether oxygens (including phenoxy) is 2. The van der Waals surface area contributed by atoms with E-state index in [0.717, 1.165) is 11.3 Å². The van der Waals surface area contributed by atoms with Crippen molar-refractivity contribution in [2.24, 2.45) is 0 Å². The molecule has 0 N–H and O–H groups in total. The summed E-state index contributed by atoms with van der Waals surface area (Å²) < 4.78 is 13.2. The van der Waals surface area contributed by atoms with Gasteiger partial charge in [0.2, 0.25) is 5.91 Å². The second-order valence-electron chi connectivity index (χ2n) is 8.07. The zero-order valence-corrected chi connectivity index (χ0v) is 19.9. The lowest BCUT2D eigenvalue weighted by Crippen LogP contribution is -2.43. The zero-order valence-electron chi connectivity index (χ0n) is 19.9. The third-order valence-electron chi connectivity index (χ3n) is 6.02. The van der Waals surface area contributed by atoms with Gasteiger partial charge >= 0.3 is 5.69 Å². The predicted octanol–water partition coefficient (Wildman–Crippen LogP) is 3.09. The first-order valence-electron chi connectivity index (χ1n) is 11.2. The number of rotatable bonds is 8. The van der Waals surface area contributed by atoms with Crippen LogP contribution in [0.3, 0.4) is 0 Å². The van der Waals surface area contributed by atoms with Crippen LogP contribution in [0.5, 0.6) is 11.5 Å². The molecule has 0 atom stereocenters. The monoisotopic (exact) mass is 473 g/mol. The summed E-state index contributed by atoms with van der Waals surface area (Å²) in [6, 6.07) is 21.5. The van der Waals surface area contributed by atoms with Crippen LogP contribution in [0.25, 0.3) is 10.9 Å². The van der Waals surface area contributed by atoms with E-state index in [0.29, 0.717) is 28.8 Å². The average molecular weight is 474 g/mol. The molecule has 0 saturated carbocycles. The van der Waals surface area contributed by atoms with Crippen LogP contribution in [0, 0.1) is 0 Å². The van der Waals surface area contributed by atoms with Crippen molar-refractivity contribution in [1.29, 1.82) is 0 Å². The van der Waals surface area contributed by atoms with E-state index in [4.69, 9.17) is 9.47 Å². The maximum Gasteiger partial charge on any atom is 0.331 e. The van der Waals surface area contributed by atoms with E-state index in [9.17, 15) is 14.4 Å². The van der Waals surface area contributed by atoms with E-state index < -0.39 is 5.69 Å². The molecule has 0 aliphatic heterocycles. The second-order valence-corrected chi connectivity index (χ2v) is 8.07. The van der Waals surface area contributed by atoms with Gasteiger partial charge in [-0.05, 0) is 48.4 Å². The zero-order chi connectivity index (χ0) is 24.9. The highest BCUT2D eigenvalue weighted by Gasteiger charge is 2.18. The molecule has 8 heteroatoms. The molecule has 0 fully saturated rings. The van der Waals surface area contributed by atoms with E-state index in [1.807, 2.05) is 42.5 Å². The number of benzene rings is 3. The largest absolute Gasteiger partial charge is 0.493 e. The first-order chi connectivity index (χ1) is 16.9. The van der Waals surface area contributed by atoms with Crippen molar-refractivity contribution in [3.8, 4) is 11.5 Å². The summed E-state index contributed by atoms with van der Waals surface area (Å²) in [5.41, 5.74) is 1.13. The predicted molar refractivity (Wildman–Crippen MR) is 136 cm³/mol. The van der Waals surface area contributed by atoms with E-state index in [1.54, 1.807) is 51.6 Å². The van der Waals surface area contributed by atoms with Crippen molar-refractivity contribution < 1.29 is 14.3 Å². The van der Waals surface area contributed by atoms with Gasteiger partial charge < -0.3 is 14.4 Å². The molecule has 0 radical (unpaired) electrons. The molecule has 8 nitrogen and oxygen atoms in total. The quantitative estimate of drug-likeness (QED) is 0.393. The SMILES string of the molecule is COc1ccc(CCn2c(=O)c3ccccc3n(CC(=O)N(C)c3ccccc3)c2=O)cc1OC. The average Bonchev–Trinajstić information content (AvgIpc) is 2.90. The van der Waals surface area contributed by atoms with Crippen molar-refractivity contribution in [3.05, 3.63) is 99.2 Å². The van der Waals surface area contributed by atoms with Crippen LogP contribution < -0.4 is 25.6 Å². The second kappa shape index (κ2) is 10.3. The molecule has 0 aliphatic rings. The minimum absolute atomic E-state index is 0.153. The molecule has 0 saturated heterocycles. The van der Waals surface area contributed by atoms with Crippen molar-refractivity contribution in [3.63, 3.8) is 0 Å². The number of carbonyl (C=O) groups is 1. The van der Waals surface area contributed by atoms with Gasteiger partial charge in [-0.1, -0.05) is 36.4 Å². The maximum atomic E-state index is 13.5. The Labute approximate surface area is 202 Å². The van der Waals surface area contributed by atoms with Crippen LogP contribution in [-0.2, 0) is 24.3 Å². The number of fused-ring (bicyclic) bond motifs is 1. The Kier molecular flexibility index (Phi) is 7.01. The number of amides is 1. The van der Waals surface area contributed by atoms with Gasteiger partial charge in [0, 0.05) is 19.3 Å². The van der Waals surface area contributed by atoms with E-state index in [-0.39, 0.29) is 24.6 Å². The molecule has 1 amide bonds. The molecule has 0 aliphatic carbocycles. The summed E-state index contributed by atoms with van der Waals surface area (Å²) in [6.45, 7) is -0.0396. The molecular weight excluding hydrogens is 446 g/mol. The van der Waals surface area contributed by atoms with Gasteiger partial charge in [0.25, 0.3) is 5.56 Å². The molecule has 35 heavy (non-hydrogen) atoms. The summed E-state index contributed by atoms with van der Waals surface area (Å²) in [5.74, 6) is 0.902. The van der Waals surface area contributed by atoms with Gasteiger partial charge in [-0.3, -0.25) is 18.7 Å². The number of likely N-dealkylation sites (N-methyl/N-ethyl adjacent to an activating group) is 1. The normalized spacial score (nSPS) is 10.8. The van der Waals surface area contributed by atoms with Gasteiger partial charge in [-0.25, -0.2) is 4.79 Å². The fraction of sp³-hybridized carbons (Fsp3) is 0.222. The third-order valence-corrected chi connectivity index (χ3v) is 6.02. The molecule has 180 valence electrons. The fourth-order valence-corrected chi connectivity index (χ4v) is 4.03. The number of para-hydroxylation sites is 2.